The highest BCUT2D eigenvalue weighted by Gasteiger charge is 2.35. The van der Waals surface area contributed by atoms with E-state index in [1.54, 1.807) is 0 Å². The Hall–Kier alpha value is -0.530. The van der Waals surface area contributed by atoms with Crippen LogP contribution < -0.4 is 0 Å². The molecule has 0 aromatic heterocycles. The second-order valence-corrected chi connectivity index (χ2v) is 3.84. The van der Waals surface area contributed by atoms with Crippen molar-refractivity contribution in [2.75, 3.05) is 6.61 Å². The number of esters is 1. The first kappa shape index (κ1) is 9.56. The predicted molar refractivity (Wildman–Crippen MR) is 47.7 cm³/mol. The minimum Gasteiger partial charge on any atom is -0.466 e. The number of carbonyl (C=O) groups is 1. The average molecular weight is 170 g/mol. The highest BCUT2D eigenvalue weighted by molar-refractivity contribution is 5.69. The van der Waals surface area contributed by atoms with Gasteiger partial charge in [0.25, 0.3) is 0 Å². The largest absolute Gasteiger partial charge is 0.466 e. The van der Waals surface area contributed by atoms with E-state index in [2.05, 4.69) is 13.8 Å². The maximum absolute atomic E-state index is 11.1. The average Bonchev–Trinajstić information content (AvgIpc) is 2.04. The zero-order valence-electron chi connectivity index (χ0n) is 8.17. The van der Waals surface area contributed by atoms with Crippen molar-refractivity contribution < 1.29 is 9.53 Å². The van der Waals surface area contributed by atoms with Gasteiger partial charge in [-0.05, 0) is 31.1 Å². The first-order valence-electron chi connectivity index (χ1n) is 4.80. The van der Waals surface area contributed by atoms with Crippen LogP contribution in [-0.4, -0.2) is 12.6 Å². The van der Waals surface area contributed by atoms with Crippen LogP contribution in [0.25, 0.3) is 0 Å². The smallest absolute Gasteiger partial charge is 0.306 e. The third-order valence-corrected chi connectivity index (χ3v) is 3.05. The molecular formula is C10H18O2. The lowest BCUT2D eigenvalue weighted by molar-refractivity contribution is -0.146. The van der Waals surface area contributed by atoms with E-state index in [0.717, 1.165) is 5.92 Å². The lowest BCUT2D eigenvalue weighted by Gasteiger charge is -2.40. The van der Waals surface area contributed by atoms with Gasteiger partial charge in [0.15, 0.2) is 0 Å². The van der Waals surface area contributed by atoms with Crippen LogP contribution in [0.3, 0.4) is 0 Å². The van der Waals surface area contributed by atoms with E-state index in [1.165, 1.54) is 6.42 Å². The van der Waals surface area contributed by atoms with Crippen LogP contribution in [0.4, 0.5) is 0 Å². The molecule has 0 aromatic rings. The molecule has 2 heteroatoms. The Labute approximate surface area is 74.3 Å². The van der Waals surface area contributed by atoms with E-state index < -0.39 is 0 Å². The van der Waals surface area contributed by atoms with Crippen LogP contribution in [0.5, 0.6) is 0 Å². The SMILES string of the molecule is CCOC(=O)CC1CC(C)C1C. The fourth-order valence-electron chi connectivity index (χ4n) is 1.88. The minimum absolute atomic E-state index is 0.0266. The molecule has 1 rings (SSSR count). The minimum atomic E-state index is -0.0266. The Morgan fingerprint density at radius 2 is 2.17 bits per heavy atom. The molecule has 2 nitrogen and oxygen atoms in total. The van der Waals surface area contributed by atoms with Crippen molar-refractivity contribution in [3.63, 3.8) is 0 Å². The first-order chi connectivity index (χ1) is 5.65. The standard InChI is InChI=1S/C10H18O2/c1-4-12-10(11)6-9-5-7(2)8(9)3/h7-9H,4-6H2,1-3H3. The van der Waals surface area contributed by atoms with E-state index in [-0.39, 0.29) is 5.97 Å². The fourth-order valence-corrected chi connectivity index (χ4v) is 1.88. The zero-order chi connectivity index (χ0) is 9.14. The normalized spacial score (nSPS) is 34.1. The van der Waals surface area contributed by atoms with Gasteiger partial charge in [-0.2, -0.15) is 0 Å². The number of hydrogen-bond donors (Lipinski definition) is 0. The van der Waals surface area contributed by atoms with Crippen molar-refractivity contribution in [2.24, 2.45) is 17.8 Å². The highest BCUT2D eigenvalue weighted by Crippen LogP contribution is 2.41. The molecule has 0 saturated heterocycles. The maximum atomic E-state index is 11.1. The molecule has 0 amide bonds. The van der Waals surface area contributed by atoms with Gasteiger partial charge in [-0.15, -0.1) is 0 Å². The molecule has 0 bridgehead atoms. The van der Waals surface area contributed by atoms with Crippen molar-refractivity contribution in [3.05, 3.63) is 0 Å². The topological polar surface area (TPSA) is 26.3 Å². The summed E-state index contributed by atoms with van der Waals surface area (Å²) < 4.78 is 4.89. The third-order valence-electron chi connectivity index (χ3n) is 3.05. The van der Waals surface area contributed by atoms with Crippen molar-refractivity contribution in [3.8, 4) is 0 Å². The quantitative estimate of drug-likeness (QED) is 0.607. The second kappa shape index (κ2) is 3.92. The van der Waals surface area contributed by atoms with Gasteiger partial charge < -0.3 is 4.74 Å². The van der Waals surface area contributed by atoms with Gasteiger partial charge in [-0.3, -0.25) is 4.79 Å². The summed E-state index contributed by atoms with van der Waals surface area (Å²) >= 11 is 0. The van der Waals surface area contributed by atoms with Crippen LogP contribution in [-0.2, 0) is 9.53 Å². The molecule has 12 heavy (non-hydrogen) atoms. The van der Waals surface area contributed by atoms with Crippen molar-refractivity contribution in [1.29, 1.82) is 0 Å². The summed E-state index contributed by atoms with van der Waals surface area (Å²) in [6.45, 7) is 6.82. The summed E-state index contributed by atoms with van der Waals surface area (Å²) in [6, 6.07) is 0. The Morgan fingerprint density at radius 1 is 1.50 bits per heavy atom. The molecule has 1 aliphatic carbocycles. The molecule has 0 N–H and O–H groups in total. The molecule has 1 fully saturated rings. The van der Waals surface area contributed by atoms with Crippen molar-refractivity contribution in [1.82, 2.24) is 0 Å². The van der Waals surface area contributed by atoms with E-state index >= 15 is 0 Å². The monoisotopic (exact) mass is 170 g/mol. The Balaban J connectivity index is 2.20. The van der Waals surface area contributed by atoms with Gasteiger partial charge in [0.05, 0.1) is 6.61 Å². The lowest BCUT2D eigenvalue weighted by atomic mass is 9.65. The molecule has 0 aromatic carbocycles. The van der Waals surface area contributed by atoms with E-state index in [1.807, 2.05) is 6.92 Å². The fraction of sp³-hybridized carbons (Fsp3) is 0.900. The predicted octanol–water partition coefficient (Wildman–Crippen LogP) is 2.23. The molecule has 0 spiro atoms. The summed E-state index contributed by atoms with van der Waals surface area (Å²) in [5.41, 5.74) is 0. The molecule has 0 heterocycles. The summed E-state index contributed by atoms with van der Waals surface area (Å²) in [6.07, 6.45) is 1.82. The maximum Gasteiger partial charge on any atom is 0.306 e. The summed E-state index contributed by atoms with van der Waals surface area (Å²) in [7, 11) is 0. The molecule has 1 aliphatic rings. The summed E-state index contributed by atoms with van der Waals surface area (Å²) in [5.74, 6) is 2.05. The Morgan fingerprint density at radius 3 is 2.58 bits per heavy atom. The third kappa shape index (κ3) is 1.99. The van der Waals surface area contributed by atoms with Gasteiger partial charge >= 0.3 is 5.97 Å². The van der Waals surface area contributed by atoms with Gasteiger partial charge in [0.1, 0.15) is 0 Å². The van der Waals surface area contributed by atoms with Crippen molar-refractivity contribution in [2.45, 2.75) is 33.6 Å². The Kier molecular flexibility index (Phi) is 3.12. The highest BCUT2D eigenvalue weighted by atomic mass is 16.5. The van der Waals surface area contributed by atoms with Crippen LogP contribution in [0.15, 0.2) is 0 Å². The molecule has 3 atom stereocenters. The number of carbonyl (C=O) groups excluding carboxylic acids is 1. The molecule has 70 valence electrons. The molecule has 0 aliphatic heterocycles. The number of ether oxygens (including phenoxy) is 1. The van der Waals surface area contributed by atoms with Gasteiger partial charge in [0.2, 0.25) is 0 Å². The lowest BCUT2D eigenvalue weighted by Crippen LogP contribution is -2.34. The van der Waals surface area contributed by atoms with E-state index in [0.29, 0.717) is 24.9 Å². The summed E-state index contributed by atoms with van der Waals surface area (Å²) in [5, 5.41) is 0. The molecule has 3 unspecified atom stereocenters. The number of hydrogen-bond acceptors (Lipinski definition) is 2. The van der Waals surface area contributed by atoms with Gasteiger partial charge in [-0.25, -0.2) is 0 Å². The zero-order valence-corrected chi connectivity index (χ0v) is 8.17. The van der Waals surface area contributed by atoms with Crippen LogP contribution in [0.2, 0.25) is 0 Å². The second-order valence-electron chi connectivity index (χ2n) is 3.84. The van der Waals surface area contributed by atoms with Crippen LogP contribution >= 0.6 is 0 Å². The van der Waals surface area contributed by atoms with Crippen LogP contribution in [0.1, 0.15) is 33.6 Å². The van der Waals surface area contributed by atoms with Crippen molar-refractivity contribution >= 4 is 5.97 Å². The van der Waals surface area contributed by atoms with Gasteiger partial charge in [-0.1, -0.05) is 13.8 Å². The van der Waals surface area contributed by atoms with E-state index in [4.69, 9.17) is 4.74 Å². The Bertz CT molecular complexity index is 165. The van der Waals surface area contributed by atoms with Gasteiger partial charge in [0, 0.05) is 6.42 Å². The molecular weight excluding hydrogens is 152 g/mol. The van der Waals surface area contributed by atoms with E-state index in [9.17, 15) is 4.79 Å². The van der Waals surface area contributed by atoms with Crippen LogP contribution in [0, 0.1) is 17.8 Å². The molecule has 0 radical (unpaired) electrons. The number of rotatable bonds is 3. The summed E-state index contributed by atoms with van der Waals surface area (Å²) in [4.78, 5) is 11.1. The first-order valence-corrected chi connectivity index (χ1v) is 4.80. The molecule has 1 saturated carbocycles.